The summed E-state index contributed by atoms with van der Waals surface area (Å²) in [4.78, 5) is 22.6. The molecule has 4 heterocycles. The topological polar surface area (TPSA) is 162 Å². The van der Waals surface area contributed by atoms with E-state index in [-0.39, 0.29) is 61.3 Å². The summed E-state index contributed by atoms with van der Waals surface area (Å²) in [7, 11) is -1.23. The van der Waals surface area contributed by atoms with Crippen molar-refractivity contribution in [3.8, 4) is 23.0 Å². The lowest BCUT2D eigenvalue weighted by atomic mass is 9.93. The number of halogens is 8. The molecule has 1 amide bonds. The SMILES string of the molecule is Cn1cnc(S(=O)(=O)Nc2nn(C)c3c(-c4ccc(C#CC(C)(C)O)nc4[C@H](Cc4cc(F)cc(F)c4)NC(=O)Cn4nc(C(F)(F)F)c5c4C(F)(F)[C@@H]4C[C@H]54)ccc(Cl)c23)c1. The van der Waals surface area contributed by atoms with E-state index in [4.69, 9.17) is 16.6 Å². The smallest absolute Gasteiger partial charge is 0.378 e. The number of anilines is 1. The summed E-state index contributed by atoms with van der Waals surface area (Å²) in [5.41, 5.74) is -4.05. The molecule has 3 N–H and O–H groups in total. The van der Waals surface area contributed by atoms with Crippen molar-refractivity contribution in [1.29, 1.82) is 0 Å². The number of sulfonamides is 1. The number of aromatic nitrogens is 7. The third kappa shape index (κ3) is 7.97. The largest absolute Gasteiger partial charge is 0.435 e. The number of imidazole rings is 1. The highest BCUT2D eigenvalue weighted by atomic mass is 35.5. The van der Waals surface area contributed by atoms with Crippen LogP contribution in [0.2, 0.25) is 5.02 Å². The minimum Gasteiger partial charge on any atom is -0.378 e. The van der Waals surface area contributed by atoms with Gasteiger partial charge < -0.3 is 15.0 Å². The number of aliphatic hydroxyl groups is 1. The van der Waals surface area contributed by atoms with Gasteiger partial charge in [-0.2, -0.15) is 40.6 Å². The highest BCUT2D eigenvalue weighted by molar-refractivity contribution is 7.92. The first-order valence-electron chi connectivity index (χ1n) is 18.6. The van der Waals surface area contributed by atoms with Crippen LogP contribution in [0.1, 0.15) is 66.1 Å². The molecule has 4 aromatic heterocycles. The Balaban J connectivity index is 1.27. The summed E-state index contributed by atoms with van der Waals surface area (Å²) in [5.74, 6) is -4.06. The fourth-order valence-corrected chi connectivity index (χ4v) is 9.01. The fraction of sp³-hybridized carbons (Fsp3) is 0.325. The minimum absolute atomic E-state index is 0.0208. The van der Waals surface area contributed by atoms with Gasteiger partial charge in [0, 0.05) is 49.0 Å². The molecule has 1 fully saturated rings. The van der Waals surface area contributed by atoms with Crippen molar-refractivity contribution in [2.45, 2.75) is 67.9 Å². The standard InChI is InChI=1S/C40H33ClF7N9O4S/c1-38(2,59)10-9-22-5-6-23(24-7-8-27(41)32-34(24)56(4)53-37(32)54-62(60,61)30-17-55(3)18-49-30)33(50-22)28(13-19-11-20(42)14-21(43)12-19)51-29(58)16-57-36-31(35(52-57)40(46,47)48)25-15-26(25)39(36,44)45/h5-8,11-12,14,17-18,25-26,28,59H,13,15-16H2,1-4H3,(H,51,58)(H,53,54)/t25-,26+,28-/m0/s1. The Morgan fingerprint density at radius 1 is 1.06 bits per heavy atom. The van der Waals surface area contributed by atoms with Crippen LogP contribution in [0.3, 0.4) is 0 Å². The molecular weight excluding hydrogens is 871 g/mol. The molecule has 0 spiro atoms. The number of alkyl halides is 5. The van der Waals surface area contributed by atoms with Crippen LogP contribution >= 0.6 is 11.6 Å². The Labute approximate surface area is 353 Å². The van der Waals surface area contributed by atoms with E-state index < -0.39 is 93.1 Å². The summed E-state index contributed by atoms with van der Waals surface area (Å²) in [6, 6.07) is 7.07. The van der Waals surface area contributed by atoms with Gasteiger partial charge in [0.15, 0.2) is 16.5 Å². The van der Waals surface area contributed by atoms with Gasteiger partial charge in [-0.15, -0.1) is 0 Å². The van der Waals surface area contributed by atoms with E-state index in [1.54, 1.807) is 7.05 Å². The lowest BCUT2D eigenvalue weighted by Gasteiger charge is -2.23. The summed E-state index contributed by atoms with van der Waals surface area (Å²) in [5, 5.41) is 20.7. The molecule has 0 saturated heterocycles. The zero-order chi connectivity index (χ0) is 44.8. The van der Waals surface area contributed by atoms with Gasteiger partial charge in [-0.25, -0.2) is 18.7 Å². The number of benzene rings is 2. The van der Waals surface area contributed by atoms with Gasteiger partial charge in [-0.05, 0) is 74.4 Å². The first-order valence-corrected chi connectivity index (χ1v) is 20.5. The molecule has 22 heteroatoms. The van der Waals surface area contributed by atoms with Gasteiger partial charge in [0.1, 0.15) is 35.2 Å². The van der Waals surface area contributed by atoms with Gasteiger partial charge in [-0.1, -0.05) is 23.6 Å². The zero-order valence-corrected chi connectivity index (χ0v) is 34.4. The van der Waals surface area contributed by atoms with Crippen molar-refractivity contribution >= 4 is 44.3 Å². The van der Waals surface area contributed by atoms with Crippen molar-refractivity contribution in [1.82, 2.24) is 39.4 Å². The zero-order valence-electron chi connectivity index (χ0n) is 32.8. The predicted molar refractivity (Wildman–Crippen MR) is 209 cm³/mol. The van der Waals surface area contributed by atoms with Crippen LogP contribution in [0.15, 0.2) is 60.0 Å². The summed E-state index contributed by atoms with van der Waals surface area (Å²) < 4.78 is 135. The second-order valence-electron chi connectivity index (χ2n) is 15.7. The number of pyridine rings is 1. The number of rotatable bonds is 10. The number of nitrogens with one attached hydrogen (secondary N) is 2. The third-order valence-electron chi connectivity index (χ3n) is 10.4. The highest BCUT2D eigenvalue weighted by Crippen LogP contribution is 2.68. The number of carbonyl (C=O) groups excluding carboxylic acids is 1. The number of carbonyl (C=O) groups is 1. The predicted octanol–water partition coefficient (Wildman–Crippen LogP) is 6.75. The van der Waals surface area contributed by atoms with Gasteiger partial charge in [0.05, 0.1) is 34.0 Å². The maximum absolute atomic E-state index is 15.5. The molecule has 0 aliphatic heterocycles. The Kier molecular flexibility index (Phi) is 10.2. The van der Waals surface area contributed by atoms with E-state index in [1.165, 1.54) is 66.9 Å². The Hall–Kier alpha value is -5.98. The lowest BCUT2D eigenvalue weighted by molar-refractivity contribution is -0.142. The van der Waals surface area contributed by atoms with Crippen molar-refractivity contribution in [2.24, 2.45) is 20.0 Å². The normalized spacial score (nSPS) is 17.3. The first-order chi connectivity index (χ1) is 28.9. The number of nitrogens with zero attached hydrogens (tertiary/aromatic N) is 7. The maximum Gasteiger partial charge on any atom is 0.435 e. The summed E-state index contributed by atoms with van der Waals surface area (Å²) >= 11 is 6.68. The second kappa shape index (κ2) is 14.8. The van der Waals surface area contributed by atoms with Crippen LogP contribution < -0.4 is 10.0 Å². The second-order valence-corrected chi connectivity index (χ2v) is 17.7. The monoisotopic (exact) mass is 903 g/mol. The van der Waals surface area contributed by atoms with Gasteiger partial charge in [-0.3, -0.25) is 18.9 Å². The molecule has 324 valence electrons. The molecule has 1 saturated carbocycles. The highest BCUT2D eigenvalue weighted by Gasteiger charge is 2.68. The number of amides is 1. The molecule has 3 atom stereocenters. The number of aryl methyl sites for hydroxylation is 2. The van der Waals surface area contributed by atoms with Crippen molar-refractivity contribution in [3.05, 3.63) is 106 Å². The van der Waals surface area contributed by atoms with Crippen LogP contribution in [-0.4, -0.2) is 59.1 Å². The molecule has 6 aromatic rings. The van der Waals surface area contributed by atoms with E-state index in [1.807, 2.05) is 0 Å². The molecular formula is C40H33ClF7N9O4S. The summed E-state index contributed by atoms with van der Waals surface area (Å²) in [6.07, 6.45) is -3.14. The van der Waals surface area contributed by atoms with Crippen LogP contribution in [0.25, 0.3) is 22.0 Å². The van der Waals surface area contributed by atoms with Crippen LogP contribution in [-0.2, 0) is 54.0 Å². The van der Waals surface area contributed by atoms with E-state index in [9.17, 15) is 40.3 Å². The molecule has 2 aliphatic rings. The van der Waals surface area contributed by atoms with Crippen LogP contribution in [0.5, 0.6) is 0 Å². The number of hydrogen-bond donors (Lipinski definition) is 3. The fourth-order valence-electron chi connectivity index (χ4n) is 7.78. The average Bonchev–Trinajstić information content (AvgIpc) is 3.37. The van der Waals surface area contributed by atoms with Crippen molar-refractivity contribution in [2.75, 3.05) is 4.72 Å². The van der Waals surface area contributed by atoms with E-state index in [0.717, 1.165) is 12.1 Å². The average molecular weight is 904 g/mol. The Morgan fingerprint density at radius 2 is 1.76 bits per heavy atom. The van der Waals surface area contributed by atoms with E-state index >= 15 is 8.78 Å². The molecule has 0 unspecified atom stereocenters. The first kappa shape index (κ1) is 42.7. The molecule has 8 rings (SSSR count). The Morgan fingerprint density at radius 3 is 2.40 bits per heavy atom. The Bertz CT molecular complexity index is 2980. The van der Waals surface area contributed by atoms with Crippen LogP contribution in [0, 0.1) is 29.4 Å². The van der Waals surface area contributed by atoms with E-state index in [0.29, 0.717) is 10.7 Å². The van der Waals surface area contributed by atoms with E-state index in [2.05, 4.69) is 37.1 Å². The number of hydrogen-bond acceptors (Lipinski definition) is 8. The van der Waals surface area contributed by atoms with Crippen molar-refractivity contribution < 1.29 is 49.1 Å². The van der Waals surface area contributed by atoms with Crippen LogP contribution in [0.4, 0.5) is 36.6 Å². The van der Waals surface area contributed by atoms with Gasteiger partial charge in [0.25, 0.3) is 15.9 Å². The minimum atomic E-state index is -5.10. The maximum atomic E-state index is 15.5. The number of fused-ring (bicyclic) bond motifs is 4. The summed E-state index contributed by atoms with van der Waals surface area (Å²) in [6.45, 7) is 1.71. The quantitative estimate of drug-likeness (QED) is 0.101. The molecule has 13 nitrogen and oxygen atoms in total. The third-order valence-corrected chi connectivity index (χ3v) is 11.9. The van der Waals surface area contributed by atoms with Gasteiger partial charge >= 0.3 is 6.18 Å². The van der Waals surface area contributed by atoms with Crippen molar-refractivity contribution in [3.63, 3.8) is 0 Å². The molecule has 2 aliphatic carbocycles. The lowest BCUT2D eigenvalue weighted by Crippen LogP contribution is -2.35. The molecule has 2 aromatic carbocycles. The molecule has 62 heavy (non-hydrogen) atoms. The molecule has 0 bridgehead atoms. The molecule has 0 radical (unpaired) electrons. The van der Waals surface area contributed by atoms with Gasteiger partial charge in [0.2, 0.25) is 5.91 Å².